The van der Waals surface area contributed by atoms with Gasteiger partial charge in [0.2, 0.25) is 5.16 Å². The number of benzene rings is 1. The Morgan fingerprint density at radius 1 is 1.09 bits per heavy atom. The minimum absolute atomic E-state index is 0.622. The molecular formula is C17H20N4OS. The molecule has 1 aromatic carbocycles. The molecule has 2 heterocycles. The van der Waals surface area contributed by atoms with E-state index in [9.17, 15) is 0 Å². The van der Waals surface area contributed by atoms with Crippen LogP contribution in [-0.2, 0) is 0 Å². The number of aryl methyl sites for hydroxylation is 4. The minimum Gasteiger partial charge on any atom is -0.492 e. The third-order valence-corrected chi connectivity index (χ3v) is 4.37. The van der Waals surface area contributed by atoms with Gasteiger partial charge in [-0.1, -0.05) is 30.0 Å². The van der Waals surface area contributed by atoms with Crippen LogP contribution in [0.15, 0.2) is 29.4 Å². The summed E-state index contributed by atoms with van der Waals surface area (Å²) < 4.78 is 7.69. The van der Waals surface area contributed by atoms with Crippen LogP contribution in [0, 0.1) is 27.7 Å². The summed E-state index contributed by atoms with van der Waals surface area (Å²) in [5.74, 6) is 2.42. The zero-order valence-corrected chi connectivity index (χ0v) is 14.6. The molecule has 23 heavy (non-hydrogen) atoms. The van der Waals surface area contributed by atoms with Crippen molar-refractivity contribution in [3.63, 3.8) is 0 Å². The molecule has 0 bridgehead atoms. The highest BCUT2D eigenvalue weighted by Crippen LogP contribution is 2.23. The van der Waals surface area contributed by atoms with E-state index in [-0.39, 0.29) is 0 Å². The molecule has 0 atom stereocenters. The van der Waals surface area contributed by atoms with Gasteiger partial charge in [0, 0.05) is 17.1 Å². The molecule has 0 fully saturated rings. The van der Waals surface area contributed by atoms with E-state index in [1.807, 2.05) is 26.0 Å². The smallest absolute Gasteiger partial charge is 0.253 e. The molecule has 0 aliphatic carbocycles. The van der Waals surface area contributed by atoms with Gasteiger partial charge < -0.3 is 4.74 Å². The quantitative estimate of drug-likeness (QED) is 0.530. The number of fused-ring (bicyclic) bond motifs is 1. The number of aromatic nitrogens is 4. The molecule has 3 aromatic rings. The highest BCUT2D eigenvalue weighted by molar-refractivity contribution is 7.99. The summed E-state index contributed by atoms with van der Waals surface area (Å²) in [5.41, 5.74) is 4.32. The largest absolute Gasteiger partial charge is 0.492 e. The zero-order valence-electron chi connectivity index (χ0n) is 13.8. The number of thioether (sulfide) groups is 1. The summed E-state index contributed by atoms with van der Waals surface area (Å²) >= 11 is 1.58. The van der Waals surface area contributed by atoms with E-state index in [2.05, 4.69) is 41.0 Å². The van der Waals surface area contributed by atoms with Crippen LogP contribution >= 0.6 is 11.8 Å². The van der Waals surface area contributed by atoms with Gasteiger partial charge in [0.1, 0.15) is 5.75 Å². The Labute approximate surface area is 140 Å². The first kappa shape index (κ1) is 15.8. The van der Waals surface area contributed by atoms with Crippen LogP contribution in [0.5, 0.6) is 5.75 Å². The topological polar surface area (TPSA) is 52.3 Å². The molecule has 0 aliphatic heterocycles. The minimum atomic E-state index is 0.622. The van der Waals surface area contributed by atoms with E-state index < -0.39 is 0 Å². The molecule has 0 N–H and O–H groups in total. The van der Waals surface area contributed by atoms with Crippen LogP contribution in [0.1, 0.15) is 22.5 Å². The third kappa shape index (κ3) is 3.47. The van der Waals surface area contributed by atoms with Gasteiger partial charge in [0.15, 0.2) is 0 Å². The van der Waals surface area contributed by atoms with Crippen molar-refractivity contribution in [2.24, 2.45) is 0 Å². The molecule has 120 valence electrons. The van der Waals surface area contributed by atoms with Crippen molar-refractivity contribution in [3.8, 4) is 5.75 Å². The number of hydrogen-bond donors (Lipinski definition) is 0. The van der Waals surface area contributed by atoms with E-state index in [4.69, 9.17) is 4.74 Å². The first-order valence-corrected chi connectivity index (χ1v) is 8.56. The maximum Gasteiger partial charge on any atom is 0.253 e. The van der Waals surface area contributed by atoms with Crippen LogP contribution in [0.25, 0.3) is 5.78 Å². The second-order valence-electron chi connectivity index (χ2n) is 5.56. The van der Waals surface area contributed by atoms with Crippen molar-refractivity contribution in [1.29, 1.82) is 0 Å². The molecule has 3 rings (SSSR count). The lowest BCUT2D eigenvalue weighted by Crippen LogP contribution is -2.03. The fraction of sp³-hybridized carbons (Fsp3) is 0.353. The van der Waals surface area contributed by atoms with Gasteiger partial charge in [-0.2, -0.15) is 4.98 Å². The summed E-state index contributed by atoms with van der Waals surface area (Å²) in [5, 5.41) is 5.22. The zero-order chi connectivity index (χ0) is 16.4. The van der Waals surface area contributed by atoms with Crippen molar-refractivity contribution >= 4 is 17.5 Å². The lowest BCUT2D eigenvalue weighted by molar-refractivity contribution is 0.339. The Morgan fingerprint density at radius 2 is 1.83 bits per heavy atom. The third-order valence-electron chi connectivity index (χ3n) is 3.57. The Balaban J connectivity index is 1.62. The molecule has 0 radical (unpaired) electrons. The molecule has 0 saturated heterocycles. The van der Waals surface area contributed by atoms with E-state index in [1.54, 1.807) is 16.3 Å². The Hall–Kier alpha value is -2.08. The fourth-order valence-electron chi connectivity index (χ4n) is 2.51. The van der Waals surface area contributed by atoms with E-state index in [1.165, 1.54) is 0 Å². The predicted molar refractivity (Wildman–Crippen MR) is 92.4 cm³/mol. The number of rotatable bonds is 5. The van der Waals surface area contributed by atoms with E-state index >= 15 is 0 Å². The van der Waals surface area contributed by atoms with Crippen LogP contribution in [0.2, 0.25) is 0 Å². The molecule has 0 saturated carbocycles. The fourth-order valence-corrected chi connectivity index (χ4v) is 3.15. The number of ether oxygens (including phenoxy) is 1. The van der Waals surface area contributed by atoms with Gasteiger partial charge in [-0.3, -0.25) is 0 Å². The molecule has 0 aliphatic rings. The maximum atomic E-state index is 5.91. The molecular weight excluding hydrogens is 308 g/mol. The second-order valence-corrected chi connectivity index (χ2v) is 6.63. The summed E-state index contributed by atoms with van der Waals surface area (Å²) in [4.78, 5) is 8.86. The van der Waals surface area contributed by atoms with Crippen molar-refractivity contribution in [2.75, 3.05) is 12.4 Å². The molecule has 0 amide bonds. The van der Waals surface area contributed by atoms with Gasteiger partial charge in [-0.15, -0.1) is 5.10 Å². The average molecular weight is 328 g/mol. The summed E-state index contributed by atoms with van der Waals surface area (Å²) in [6, 6.07) is 8.18. The number of nitrogens with zero attached hydrogens (tertiary/aromatic N) is 4. The molecule has 0 spiro atoms. The standard InChI is InChI=1S/C17H20N4OS/c1-11-6-5-7-12(2)15(11)22-8-9-23-17-19-16-18-13(3)10-14(4)21(16)20-17/h5-7,10H,8-9H2,1-4H3. The van der Waals surface area contributed by atoms with Gasteiger partial charge >= 0.3 is 0 Å². The average Bonchev–Trinajstić information content (AvgIpc) is 2.89. The van der Waals surface area contributed by atoms with Crippen molar-refractivity contribution in [1.82, 2.24) is 19.6 Å². The summed E-state index contributed by atoms with van der Waals surface area (Å²) in [6.45, 7) is 8.73. The van der Waals surface area contributed by atoms with Gasteiger partial charge in [-0.05, 0) is 44.9 Å². The second kappa shape index (κ2) is 6.58. The summed E-state index contributed by atoms with van der Waals surface area (Å²) in [7, 11) is 0. The van der Waals surface area contributed by atoms with Gasteiger partial charge in [0.05, 0.1) is 6.61 Å². The monoisotopic (exact) mass is 328 g/mol. The molecule has 5 nitrogen and oxygen atoms in total. The first-order valence-electron chi connectivity index (χ1n) is 7.57. The number of para-hydroxylation sites is 1. The van der Waals surface area contributed by atoms with Crippen LogP contribution < -0.4 is 4.74 Å². The first-order chi connectivity index (χ1) is 11.0. The van der Waals surface area contributed by atoms with Gasteiger partial charge in [-0.25, -0.2) is 9.50 Å². The SMILES string of the molecule is Cc1cc(C)n2nc(SCCOc3c(C)cccc3C)nc2n1. The number of hydrogen-bond acceptors (Lipinski definition) is 5. The normalized spacial score (nSPS) is 11.1. The van der Waals surface area contributed by atoms with Crippen LogP contribution in [0.4, 0.5) is 0 Å². The summed E-state index contributed by atoms with van der Waals surface area (Å²) in [6.07, 6.45) is 0. The Morgan fingerprint density at radius 3 is 2.57 bits per heavy atom. The lowest BCUT2D eigenvalue weighted by atomic mass is 10.1. The molecule has 2 aromatic heterocycles. The van der Waals surface area contributed by atoms with E-state index in [0.717, 1.165) is 39.2 Å². The van der Waals surface area contributed by atoms with Crippen LogP contribution in [0.3, 0.4) is 0 Å². The van der Waals surface area contributed by atoms with Crippen molar-refractivity contribution in [3.05, 3.63) is 46.8 Å². The Kier molecular flexibility index (Phi) is 4.52. The Bertz CT molecular complexity index is 824. The highest BCUT2D eigenvalue weighted by atomic mass is 32.2. The van der Waals surface area contributed by atoms with Crippen molar-refractivity contribution < 1.29 is 4.74 Å². The lowest BCUT2D eigenvalue weighted by Gasteiger charge is -2.10. The van der Waals surface area contributed by atoms with Crippen LogP contribution in [-0.4, -0.2) is 31.9 Å². The molecule has 6 heteroatoms. The maximum absolute atomic E-state index is 5.91. The highest BCUT2D eigenvalue weighted by Gasteiger charge is 2.08. The van der Waals surface area contributed by atoms with E-state index in [0.29, 0.717) is 12.4 Å². The van der Waals surface area contributed by atoms with Gasteiger partial charge in [0.25, 0.3) is 5.78 Å². The molecule has 0 unspecified atom stereocenters. The predicted octanol–water partition coefficient (Wildman–Crippen LogP) is 3.53. The van der Waals surface area contributed by atoms with Crippen molar-refractivity contribution in [2.45, 2.75) is 32.9 Å².